The van der Waals surface area contributed by atoms with Crippen LogP contribution < -0.4 is 0 Å². The fraction of sp³-hybridized carbons (Fsp3) is 1.00. The molecule has 14 atom stereocenters. The third-order valence-corrected chi connectivity index (χ3v) is 5.88. The maximum absolute atomic E-state index is 10.6. The SMILES string of the molecule is CO[C@@H]1OC[C@@H](O)[C@H](O)[C@H]1O[C@@H]1O[C@H](CO)[C@H](O)[C@H](O)[C@H]1O[C@@H]1O[C@@H](C)[C@@H](O)[C@@H](O)[C@@H]1O. The lowest BCUT2D eigenvalue weighted by Gasteiger charge is -2.47. The van der Waals surface area contributed by atoms with Gasteiger partial charge in [-0.3, -0.25) is 0 Å². The van der Waals surface area contributed by atoms with Gasteiger partial charge in [0, 0.05) is 7.11 Å². The van der Waals surface area contributed by atoms with E-state index in [2.05, 4.69) is 0 Å². The molecule has 3 saturated heterocycles. The Hall–Kier alpha value is -0.560. The number of hydrogen-bond acceptors (Lipinski definition) is 14. The Labute approximate surface area is 183 Å². The van der Waals surface area contributed by atoms with E-state index in [0.717, 1.165) is 0 Å². The Morgan fingerprint density at radius 3 is 1.97 bits per heavy atom. The van der Waals surface area contributed by atoms with Gasteiger partial charge in [0.05, 0.1) is 19.3 Å². The van der Waals surface area contributed by atoms with Crippen molar-refractivity contribution < 1.29 is 69.3 Å². The first-order chi connectivity index (χ1) is 15.1. The van der Waals surface area contributed by atoms with Crippen LogP contribution in [0.25, 0.3) is 0 Å². The Morgan fingerprint density at radius 1 is 0.719 bits per heavy atom. The van der Waals surface area contributed by atoms with Crippen LogP contribution in [-0.4, -0.2) is 147 Å². The maximum atomic E-state index is 10.6. The highest BCUT2D eigenvalue weighted by atomic mass is 16.8. The molecule has 3 heterocycles. The zero-order valence-electron chi connectivity index (χ0n) is 17.5. The summed E-state index contributed by atoms with van der Waals surface area (Å²) in [6.07, 6.45) is -20.3. The molecule has 3 rings (SSSR count). The minimum atomic E-state index is -1.73. The molecular weight excluding hydrogens is 440 g/mol. The van der Waals surface area contributed by atoms with E-state index in [0.29, 0.717) is 0 Å². The first kappa shape index (κ1) is 26.1. The highest BCUT2D eigenvalue weighted by Crippen LogP contribution is 2.32. The summed E-state index contributed by atoms with van der Waals surface area (Å²) in [6, 6.07) is 0. The van der Waals surface area contributed by atoms with Gasteiger partial charge in [0.1, 0.15) is 61.0 Å². The van der Waals surface area contributed by atoms with Crippen molar-refractivity contribution in [3.63, 3.8) is 0 Å². The summed E-state index contributed by atoms with van der Waals surface area (Å²) in [5, 5.41) is 80.7. The summed E-state index contributed by atoms with van der Waals surface area (Å²) < 4.78 is 32.5. The van der Waals surface area contributed by atoms with Gasteiger partial charge < -0.3 is 69.3 Å². The second-order valence-electron chi connectivity index (χ2n) is 8.08. The third-order valence-electron chi connectivity index (χ3n) is 5.88. The van der Waals surface area contributed by atoms with Gasteiger partial charge >= 0.3 is 0 Å². The Morgan fingerprint density at radius 2 is 1.34 bits per heavy atom. The topological polar surface area (TPSA) is 217 Å². The lowest BCUT2D eigenvalue weighted by molar-refractivity contribution is -0.386. The van der Waals surface area contributed by atoms with Crippen molar-refractivity contribution in [2.45, 2.75) is 92.9 Å². The predicted octanol–water partition coefficient (Wildman–Crippen LogP) is -5.25. The molecule has 14 nitrogen and oxygen atoms in total. The van der Waals surface area contributed by atoms with Crippen molar-refractivity contribution in [1.29, 1.82) is 0 Å². The molecule has 0 bridgehead atoms. The van der Waals surface area contributed by atoms with Gasteiger partial charge in [-0.05, 0) is 6.92 Å². The Bertz CT molecular complexity index is 594. The minimum absolute atomic E-state index is 0.230. The normalized spacial score (nSPS) is 52.7. The molecule has 0 aliphatic carbocycles. The van der Waals surface area contributed by atoms with Gasteiger partial charge in [-0.15, -0.1) is 0 Å². The van der Waals surface area contributed by atoms with Crippen molar-refractivity contribution in [2.75, 3.05) is 20.3 Å². The summed E-state index contributed by atoms with van der Waals surface area (Å²) in [5.74, 6) is 0. The van der Waals surface area contributed by atoms with Crippen LogP contribution in [0.1, 0.15) is 6.92 Å². The minimum Gasteiger partial charge on any atom is -0.394 e. The molecule has 0 saturated carbocycles. The maximum Gasteiger partial charge on any atom is 0.187 e. The quantitative estimate of drug-likeness (QED) is 0.181. The molecule has 0 aromatic rings. The van der Waals surface area contributed by atoms with E-state index in [1.165, 1.54) is 14.0 Å². The summed E-state index contributed by atoms with van der Waals surface area (Å²) in [5.41, 5.74) is 0. The molecule has 8 N–H and O–H groups in total. The van der Waals surface area contributed by atoms with Crippen molar-refractivity contribution in [3.8, 4) is 0 Å². The number of hydrogen-bond donors (Lipinski definition) is 8. The number of aliphatic hydroxyl groups is 8. The molecule has 32 heavy (non-hydrogen) atoms. The Kier molecular flexibility index (Phi) is 8.79. The average molecular weight is 472 g/mol. The summed E-state index contributed by atoms with van der Waals surface area (Å²) >= 11 is 0. The third kappa shape index (κ3) is 5.08. The van der Waals surface area contributed by atoms with Crippen molar-refractivity contribution in [3.05, 3.63) is 0 Å². The number of methoxy groups -OCH3 is 1. The number of aliphatic hydroxyl groups excluding tert-OH is 8. The van der Waals surface area contributed by atoms with E-state index in [1.54, 1.807) is 0 Å². The molecule has 3 aliphatic rings. The standard InChI is InChI=1S/C18H32O14/c1-5-8(21)11(24)13(26)16(29-5)31-15-12(25)10(23)7(3-19)30-18(15)32-14-9(22)6(20)4-28-17(14)27-2/h5-26H,3-4H2,1-2H3/t5-,6+,7+,8+,9-,10-,11+,12-,13-,14+,15+,16-,17+,18-/m0/s1. The molecule has 188 valence electrons. The number of ether oxygens (including phenoxy) is 6. The zero-order valence-corrected chi connectivity index (χ0v) is 17.5. The molecule has 14 heteroatoms. The number of rotatable bonds is 6. The van der Waals surface area contributed by atoms with Crippen LogP contribution in [0, 0.1) is 0 Å². The first-order valence-corrected chi connectivity index (χ1v) is 10.2. The molecule has 0 amide bonds. The molecule has 0 aromatic carbocycles. The van der Waals surface area contributed by atoms with Gasteiger partial charge in [-0.1, -0.05) is 0 Å². The van der Waals surface area contributed by atoms with Crippen molar-refractivity contribution in [2.24, 2.45) is 0 Å². The van der Waals surface area contributed by atoms with Crippen LogP contribution >= 0.6 is 0 Å². The lowest BCUT2D eigenvalue weighted by Crippen LogP contribution is -2.65. The van der Waals surface area contributed by atoms with E-state index in [9.17, 15) is 40.9 Å². The van der Waals surface area contributed by atoms with Crippen LogP contribution in [0.4, 0.5) is 0 Å². The van der Waals surface area contributed by atoms with E-state index < -0.39 is 92.6 Å². The van der Waals surface area contributed by atoms with Gasteiger partial charge in [-0.25, -0.2) is 0 Å². The monoisotopic (exact) mass is 472 g/mol. The molecule has 0 aromatic heterocycles. The second kappa shape index (κ2) is 10.8. The van der Waals surface area contributed by atoms with E-state index in [1.807, 2.05) is 0 Å². The molecule has 0 spiro atoms. The largest absolute Gasteiger partial charge is 0.394 e. The van der Waals surface area contributed by atoms with Crippen LogP contribution in [0.5, 0.6) is 0 Å². The van der Waals surface area contributed by atoms with E-state index in [-0.39, 0.29) is 6.61 Å². The molecule has 0 unspecified atom stereocenters. The Balaban J connectivity index is 1.82. The fourth-order valence-electron chi connectivity index (χ4n) is 3.86. The average Bonchev–Trinajstić information content (AvgIpc) is 2.78. The fourth-order valence-corrected chi connectivity index (χ4v) is 3.86. The first-order valence-electron chi connectivity index (χ1n) is 10.2. The summed E-state index contributed by atoms with van der Waals surface area (Å²) in [4.78, 5) is 0. The van der Waals surface area contributed by atoms with Gasteiger partial charge in [0.2, 0.25) is 0 Å². The van der Waals surface area contributed by atoms with Crippen molar-refractivity contribution >= 4 is 0 Å². The molecule has 3 aliphatic heterocycles. The van der Waals surface area contributed by atoms with Gasteiger partial charge in [0.25, 0.3) is 0 Å². The predicted molar refractivity (Wildman–Crippen MR) is 98.6 cm³/mol. The molecule has 3 fully saturated rings. The van der Waals surface area contributed by atoms with Crippen LogP contribution in [0.15, 0.2) is 0 Å². The zero-order chi connectivity index (χ0) is 23.7. The smallest absolute Gasteiger partial charge is 0.187 e. The summed E-state index contributed by atoms with van der Waals surface area (Å²) in [6.45, 7) is 0.496. The van der Waals surface area contributed by atoms with Crippen LogP contribution in [0.3, 0.4) is 0 Å². The van der Waals surface area contributed by atoms with E-state index in [4.69, 9.17) is 28.4 Å². The second-order valence-corrected chi connectivity index (χ2v) is 8.08. The van der Waals surface area contributed by atoms with Crippen LogP contribution in [0.2, 0.25) is 0 Å². The van der Waals surface area contributed by atoms with E-state index >= 15 is 0 Å². The molecule has 0 radical (unpaired) electrons. The lowest BCUT2D eigenvalue weighted by atomic mass is 9.97. The highest BCUT2D eigenvalue weighted by molar-refractivity contribution is 4.94. The summed E-state index contributed by atoms with van der Waals surface area (Å²) in [7, 11) is 1.27. The van der Waals surface area contributed by atoms with Crippen molar-refractivity contribution in [1.82, 2.24) is 0 Å². The van der Waals surface area contributed by atoms with Crippen LogP contribution in [-0.2, 0) is 28.4 Å². The highest BCUT2D eigenvalue weighted by Gasteiger charge is 2.52. The molecular formula is C18H32O14. The van der Waals surface area contributed by atoms with Gasteiger partial charge in [-0.2, -0.15) is 0 Å². The van der Waals surface area contributed by atoms with Gasteiger partial charge in [0.15, 0.2) is 18.9 Å².